The lowest BCUT2D eigenvalue weighted by Crippen LogP contribution is -1.98. The maximum atomic E-state index is 13.5. The number of rotatable bonds is 2. The van der Waals surface area contributed by atoms with Crippen LogP contribution in [0.5, 0.6) is 0 Å². The average molecular weight is 349 g/mol. The fourth-order valence-corrected chi connectivity index (χ4v) is 1.86. The van der Waals surface area contributed by atoms with Gasteiger partial charge in [-0.25, -0.2) is 9.37 Å². The van der Waals surface area contributed by atoms with E-state index in [4.69, 9.17) is 11.6 Å². The minimum absolute atomic E-state index is 0.175. The first-order valence-electron chi connectivity index (χ1n) is 4.49. The Hall–Kier alpha value is -0.880. The van der Waals surface area contributed by atoms with Gasteiger partial charge in [-0.15, -0.1) is 0 Å². The zero-order chi connectivity index (χ0) is 11.5. The summed E-state index contributed by atoms with van der Waals surface area (Å²) < 4.78 is 14.5. The quantitative estimate of drug-likeness (QED) is 0.822. The highest BCUT2D eigenvalue weighted by atomic mass is 127. The minimum Gasteiger partial charge on any atom is -0.337 e. The van der Waals surface area contributed by atoms with E-state index in [1.165, 1.54) is 12.3 Å². The van der Waals surface area contributed by atoms with Crippen LogP contribution in [0.15, 0.2) is 36.5 Å². The molecule has 0 unspecified atom stereocenters. The molecule has 0 bridgehead atoms. The van der Waals surface area contributed by atoms with E-state index < -0.39 is 5.82 Å². The van der Waals surface area contributed by atoms with Gasteiger partial charge in [0.2, 0.25) is 0 Å². The highest BCUT2D eigenvalue weighted by Crippen LogP contribution is 2.23. The molecular formula is C11H7ClFIN2. The smallest absolute Gasteiger partial charge is 0.167 e. The second kappa shape index (κ2) is 4.97. The molecule has 2 rings (SSSR count). The van der Waals surface area contributed by atoms with Crippen molar-refractivity contribution in [3.8, 4) is 0 Å². The molecule has 0 aliphatic carbocycles. The molecule has 1 aromatic heterocycles. The van der Waals surface area contributed by atoms with Crippen LogP contribution in [0.25, 0.3) is 0 Å². The van der Waals surface area contributed by atoms with Gasteiger partial charge in [-0.05, 0) is 40.8 Å². The average Bonchev–Trinajstić information content (AvgIpc) is 2.25. The first-order chi connectivity index (χ1) is 7.66. The molecule has 0 aliphatic rings. The van der Waals surface area contributed by atoms with Crippen molar-refractivity contribution in [2.24, 2.45) is 0 Å². The number of para-hydroxylation sites is 1. The van der Waals surface area contributed by atoms with E-state index in [0.717, 1.165) is 9.26 Å². The highest BCUT2D eigenvalue weighted by Gasteiger charge is 2.06. The zero-order valence-electron chi connectivity index (χ0n) is 8.05. The molecule has 0 amide bonds. The molecule has 16 heavy (non-hydrogen) atoms. The van der Waals surface area contributed by atoms with Crippen LogP contribution in [0.4, 0.5) is 15.9 Å². The molecule has 2 aromatic rings. The van der Waals surface area contributed by atoms with E-state index >= 15 is 0 Å². The lowest BCUT2D eigenvalue weighted by atomic mass is 10.3. The zero-order valence-corrected chi connectivity index (χ0v) is 11.0. The summed E-state index contributed by atoms with van der Waals surface area (Å²) in [6.07, 6.45) is 1.41. The van der Waals surface area contributed by atoms with Gasteiger partial charge >= 0.3 is 0 Å². The fraction of sp³-hybridized carbons (Fsp3) is 0. The Kier molecular flexibility index (Phi) is 3.60. The molecule has 1 heterocycles. The number of anilines is 2. The second-order valence-corrected chi connectivity index (χ2v) is 4.69. The molecule has 1 aromatic carbocycles. The number of hydrogen-bond acceptors (Lipinski definition) is 2. The molecule has 0 aliphatic heterocycles. The Labute approximate surface area is 111 Å². The van der Waals surface area contributed by atoms with Gasteiger partial charge in [0, 0.05) is 9.77 Å². The van der Waals surface area contributed by atoms with E-state index in [0.29, 0.717) is 0 Å². The van der Waals surface area contributed by atoms with Gasteiger partial charge in [-0.2, -0.15) is 0 Å². The van der Waals surface area contributed by atoms with Crippen molar-refractivity contribution in [2.75, 3.05) is 5.32 Å². The van der Waals surface area contributed by atoms with Crippen LogP contribution < -0.4 is 5.32 Å². The second-order valence-electron chi connectivity index (χ2n) is 3.09. The molecule has 2 nitrogen and oxygen atoms in total. The van der Waals surface area contributed by atoms with Crippen LogP contribution in [-0.4, -0.2) is 4.98 Å². The molecule has 0 saturated heterocycles. The van der Waals surface area contributed by atoms with E-state index in [1.54, 1.807) is 0 Å². The third-order valence-corrected chi connectivity index (χ3v) is 3.08. The van der Waals surface area contributed by atoms with Crippen molar-refractivity contribution >= 4 is 45.7 Å². The third-order valence-electron chi connectivity index (χ3n) is 1.93. The lowest BCUT2D eigenvalue weighted by Gasteiger charge is -2.08. The summed E-state index contributed by atoms with van der Waals surface area (Å²) in [5.74, 6) is -0.291. The molecule has 0 spiro atoms. The van der Waals surface area contributed by atoms with Crippen molar-refractivity contribution in [1.82, 2.24) is 4.98 Å². The third kappa shape index (κ3) is 2.62. The van der Waals surface area contributed by atoms with Crippen molar-refractivity contribution in [3.63, 3.8) is 0 Å². The molecule has 82 valence electrons. The van der Waals surface area contributed by atoms with Crippen LogP contribution in [0.2, 0.25) is 5.02 Å². The Morgan fingerprint density at radius 3 is 2.75 bits per heavy atom. The first-order valence-corrected chi connectivity index (χ1v) is 5.95. The summed E-state index contributed by atoms with van der Waals surface area (Å²) in [6.45, 7) is 0. The van der Waals surface area contributed by atoms with Crippen molar-refractivity contribution in [3.05, 3.63) is 50.9 Å². The fourth-order valence-electron chi connectivity index (χ4n) is 1.20. The van der Waals surface area contributed by atoms with Gasteiger partial charge in [-0.3, -0.25) is 0 Å². The molecule has 0 fully saturated rings. The molecule has 0 atom stereocenters. The van der Waals surface area contributed by atoms with Gasteiger partial charge in [0.05, 0.1) is 10.7 Å². The van der Waals surface area contributed by atoms with Gasteiger partial charge in [0.25, 0.3) is 0 Å². The van der Waals surface area contributed by atoms with E-state index in [-0.39, 0.29) is 10.8 Å². The number of nitrogens with zero attached hydrogens (tertiary/aromatic N) is 1. The number of hydrogen-bond donors (Lipinski definition) is 1. The number of benzene rings is 1. The number of nitrogens with one attached hydrogen (secondary N) is 1. The van der Waals surface area contributed by atoms with Crippen LogP contribution in [-0.2, 0) is 0 Å². The van der Waals surface area contributed by atoms with Gasteiger partial charge in [0.1, 0.15) is 0 Å². The van der Waals surface area contributed by atoms with Crippen molar-refractivity contribution in [2.45, 2.75) is 0 Å². The molecular weight excluding hydrogens is 341 g/mol. The Balaban J connectivity index is 2.31. The maximum Gasteiger partial charge on any atom is 0.167 e. The largest absolute Gasteiger partial charge is 0.337 e. The minimum atomic E-state index is -0.466. The Morgan fingerprint density at radius 2 is 2.06 bits per heavy atom. The normalized spacial score (nSPS) is 10.2. The highest BCUT2D eigenvalue weighted by molar-refractivity contribution is 14.1. The molecule has 5 heteroatoms. The Bertz CT molecular complexity index is 519. The SMILES string of the molecule is Fc1cc(Cl)cnc1Nc1ccccc1I. The van der Waals surface area contributed by atoms with Gasteiger partial charge in [-0.1, -0.05) is 23.7 Å². The monoisotopic (exact) mass is 348 g/mol. The number of halogens is 3. The van der Waals surface area contributed by atoms with Crippen molar-refractivity contribution in [1.29, 1.82) is 0 Å². The summed E-state index contributed by atoms with van der Waals surface area (Å²) in [6, 6.07) is 8.80. The molecule has 0 saturated carbocycles. The first kappa shape index (κ1) is 11.6. The summed E-state index contributed by atoms with van der Waals surface area (Å²) in [4.78, 5) is 3.89. The van der Waals surface area contributed by atoms with E-state index in [9.17, 15) is 4.39 Å². The van der Waals surface area contributed by atoms with Crippen LogP contribution >= 0.6 is 34.2 Å². The summed E-state index contributed by atoms with van der Waals surface area (Å²) in [7, 11) is 0. The van der Waals surface area contributed by atoms with Gasteiger partial charge < -0.3 is 5.32 Å². The summed E-state index contributed by atoms with van der Waals surface area (Å²) >= 11 is 7.79. The lowest BCUT2D eigenvalue weighted by molar-refractivity contribution is 0.626. The molecule has 1 N–H and O–H groups in total. The summed E-state index contributed by atoms with van der Waals surface area (Å²) in [5.41, 5.74) is 0.817. The standard InChI is InChI=1S/C11H7ClFIN2/c12-7-5-8(13)11(15-6-7)16-10-4-2-1-3-9(10)14/h1-6H,(H,15,16). The maximum absolute atomic E-state index is 13.5. The van der Waals surface area contributed by atoms with Crippen LogP contribution in [0.3, 0.4) is 0 Å². The van der Waals surface area contributed by atoms with E-state index in [2.05, 4.69) is 32.9 Å². The number of pyridine rings is 1. The van der Waals surface area contributed by atoms with Gasteiger partial charge in [0.15, 0.2) is 11.6 Å². The predicted molar refractivity (Wildman–Crippen MR) is 71.6 cm³/mol. The van der Waals surface area contributed by atoms with E-state index in [1.807, 2.05) is 24.3 Å². The van der Waals surface area contributed by atoms with Crippen LogP contribution in [0.1, 0.15) is 0 Å². The predicted octanol–water partition coefficient (Wildman–Crippen LogP) is 4.22. The Morgan fingerprint density at radius 1 is 1.31 bits per heavy atom. The van der Waals surface area contributed by atoms with Crippen molar-refractivity contribution < 1.29 is 4.39 Å². The van der Waals surface area contributed by atoms with Crippen LogP contribution in [0, 0.1) is 9.39 Å². The molecule has 0 radical (unpaired) electrons. The summed E-state index contributed by atoms with van der Waals surface area (Å²) in [5, 5.41) is 3.20. The topological polar surface area (TPSA) is 24.9 Å². The number of aromatic nitrogens is 1.